The Labute approximate surface area is 282 Å². The van der Waals surface area contributed by atoms with Crippen LogP contribution >= 0.6 is 11.8 Å². The molecule has 228 valence electrons. The lowest BCUT2D eigenvalue weighted by Crippen LogP contribution is -2.38. The zero-order valence-electron chi connectivity index (χ0n) is 25.9. The van der Waals surface area contributed by atoms with Crippen molar-refractivity contribution in [1.82, 2.24) is 5.32 Å². The van der Waals surface area contributed by atoms with Crippen LogP contribution < -0.4 is 5.32 Å². The van der Waals surface area contributed by atoms with E-state index in [9.17, 15) is 0 Å². The monoisotopic (exact) mass is 635 g/mol. The Balaban J connectivity index is 1.12. The molecule has 3 heterocycles. The number of para-hydroxylation sites is 1. The molecule has 2 aliphatic heterocycles. The second-order valence-electron chi connectivity index (χ2n) is 12.5. The molecule has 0 fully saturated rings. The van der Waals surface area contributed by atoms with Gasteiger partial charge in [0.15, 0.2) is 6.17 Å². The van der Waals surface area contributed by atoms with Crippen LogP contribution in [-0.4, -0.2) is 16.9 Å². The highest BCUT2D eigenvalue weighted by molar-refractivity contribution is 8.00. The van der Waals surface area contributed by atoms with E-state index in [0.717, 1.165) is 55.9 Å². The Morgan fingerprint density at radius 1 is 0.646 bits per heavy atom. The van der Waals surface area contributed by atoms with Gasteiger partial charge in [-0.15, -0.1) is 11.8 Å². The fraction of sp³-hybridized carbons (Fsp3) is 0.0698. The van der Waals surface area contributed by atoms with Crippen LogP contribution in [0, 0.1) is 0 Å². The Hall–Kier alpha value is -5.65. The molecule has 4 nitrogen and oxygen atoms in total. The van der Waals surface area contributed by atoms with Crippen molar-refractivity contribution in [2.24, 2.45) is 9.98 Å². The van der Waals surface area contributed by atoms with Crippen molar-refractivity contribution in [3.63, 3.8) is 0 Å². The van der Waals surface area contributed by atoms with Gasteiger partial charge in [0, 0.05) is 38.0 Å². The number of hydrogen-bond donors (Lipinski definition) is 1. The number of aliphatic imine (C=N–C) groups is 2. The minimum absolute atomic E-state index is 0.220. The van der Waals surface area contributed by atoms with E-state index in [2.05, 4.69) is 139 Å². The van der Waals surface area contributed by atoms with Gasteiger partial charge in [-0.1, -0.05) is 121 Å². The first-order valence-corrected chi connectivity index (χ1v) is 17.2. The maximum absolute atomic E-state index is 6.23. The first-order chi connectivity index (χ1) is 23.8. The van der Waals surface area contributed by atoms with Crippen LogP contribution in [0.5, 0.6) is 0 Å². The summed E-state index contributed by atoms with van der Waals surface area (Å²) in [5.41, 5.74) is 8.68. The van der Waals surface area contributed by atoms with Crippen molar-refractivity contribution in [2.75, 3.05) is 0 Å². The molecule has 0 saturated carbocycles. The van der Waals surface area contributed by atoms with Gasteiger partial charge in [-0.3, -0.25) is 0 Å². The summed E-state index contributed by atoms with van der Waals surface area (Å²) in [7, 11) is 0. The van der Waals surface area contributed by atoms with Crippen LogP contribution in [0.3, 0.4) is 0 Å². The standard InChI is InChI=1S/C43H29N3OS/c1-2-11-27-24-30(23-22-26(27)10-1)42-44-41(45-43(46-42)34-17-9-21-38-40(34)33-15-4-6-20-37(33)48-38)29-13-7-12-28(25-29)31-16-8-19-36-39(31)32-14-3-5-18-35(32)47-36/h1-25,38,40-41H,(H,44,45,46). The summed E-state index contributed by atoms with van der Waals surface area (Å²) in [5.74, 6) is 1.93. The fourth-order valence-corrected chi connectivity index (χ4v) is 8.82. The summed E-state index contributed by atoms with van der Waals surface area (Å²) >= 11 is 1.94. The molecule has 3 unspecified atom stereocenters. The smallest absolute Gasteiger partial charge is 0.169 e. The van der Waals surface area contributed by atoms with E-state index in [1.54, 1.807) is 0 Å². The number of benzene rings is 6. The molecular formula is C43H29N3OS. The van der Waals surface area contributed by atoms with Crippen molar-refractivity contribution in [2.45, 2.75) is 22.2 Å². The molecule has 6 aromatic carbocycles. The summed E-state index contributed by atoms with van der Waals surface area (Å²) in [4.78, 5) is 12.0. The van der Waals surface area contributed by atoms with Crippen molar-refractivity contribution in [3.05, 3.63) is 174 Å². The SMILES string of the molecule is C1=CC2Sc3ccccc3C2C(C2=NC(c3cccc(-c4cccc5oc6ccccc6c45)c3)N=C(c3ccc4ccccc4c3)N2)=C1. The van der Waals surface area contributed by atoms with E-state index in [4.69, 9.17) is 14.4 Å². The van der Waals surface area contributed by atoms with Crippen LogP contribution in [0.1, 0.15) is 28.8 Å². The number of allylic oxidation sites excluding steroid dienone is 2. The first-order valence-electron chi connectivity index (χ1n) is 16.3. The van der Waals surface area contributed by atoms with Crippen molar-refractivity contribution >= 4 is 56.1 Å². The lowest BCUT2D eigenvalue weighted by Gasteiger charge is -2.29. The lowest BCUT2D eigenvalue weighted by atomic mass is 9.84. The molecule has 1 aliphatic carbocycles. The zero-order valence-corrected chi connectivity index (χ0v) is 26.7. The summed E-state index contributed by atoms with van der Waals surface area (Å²) < 4.78 is 6.23. The highest BCUT2D eigenvalue weighted by Gasteiger charge is 2.38. The van der Waals surface area contributed by atoms with Gasteiger partial charge < -0.3 is 9.73 Å². The molecule has 0 saturated heterocycles. The number of nitrogens with one attached hydrogen (secondary N) is 1. The van der Waals surface area contributed by atoms with Gasteiger partial charge in [0.2, 0.25) is 0 Å². The Kier molecular flexibility index (Phi) is 6.27. The molecule has 10 rings (SSSR count). The van der Waals surface area contributed by atoms with Gasteiger partial charge in [0.05, 0.1) is 0 Å². The van der Waals surface area contributed by atoms with Crippen LogP contribution in [0.25, 0.3) is 43.8 Å². The average molecular weight is 636 g/mol. The van der Waals surface area contributed by atoms with E-state index < -0.39 is 6.17 Å². The van der Waals surface area contributed by atoms with Crippen LogP contribution in [0.15, 0.2) is 177 Å². The molecule has 5 heteroatoms. The van der Waals surface area contributed by atoms with Gasteiger partial charge >= 0.3 is 0 Å². The predicted molar refractivity (Wildman–Crippen MR) is 199 cm³/mol. The van der Waals surface area contributed by atoms with Crippen molar-refractivity contribution in [3.8, 4) is 11.1 Å². The van der Waals surface area contributed by atoms with Gasteiger partial charge in [0.25, 0.3) is 0 Å². The quantitative estimate of drug-likeness (QED) is 0.209. The van der Waals surface area contributed by atoms with E-state index in [1.807, 2.05) is 30.0 Å². The second kappa shape index (κ2) is 11.0. The third-order valence-electron chi connectivity index (χ3n) is 9.69. The molecular weight excluding hydrogens is 607 g/mol. The van der Waals surface area contributed by atoms with Gasteiger partial charge in [-0.25, -0.2) is 9.98 Å². The first kappa shape index (κ1) is 27.5. The number of amidine groups is 2. The largest absolute Gasteiger partial charge is 0.456 e. The molecule has 1 N–H and O–H groups in total. The van der Waals surface area contributed by atoms with Crippen LogP contribution in [0.4, 0.5) is 0 Å². The zero-order chi connectivity index (χ0) is 31.6. The minimum Gasteiger partial charge on any atom is -0.456 e. The third kappa shape index (κ3) is 4.46. The molecule has 3 atom stereocenters. The van der Waals surface area contributed by atoms with Crippen molar-refractivity contribution < 1.29 is 4.42 Å². The fourth-order valence-electron chi connectivity index (χ4n) is 7.44. The summed E-state index contributed by atoms with van der Waals surface area (Å²) in [6.45, 7) is 0. The van der Waals surface area contributed by atoms with Crippen LogP contribution in [-0.2, 0) is 0 Å². The highest BCUT2D eigenvalue weighted by atomic mass is 32.2. The topological polar surface area (TPSA) is 49.9 Å². The van der Waals surface area contributed by atoms with E-state index >= 15 is 0 Å². The number of thioether (sulfide) groups is 1. The third-order valence-corrected chi connectivity index (χ3v) is 11.0. The van der Waals surface area contributed by atoms with E-state index in [-0.39, 0.29) is 5.92 Å². The number of rotatable bonds is 4. The molecule has 0 amide bonds. The molecule has 7 aromatic rings. The van der Waals surface area contributed by atoms with E-state index in [0.29, 0.717) is 5.25 Å². The highest BCUT2D eigenvalue weighted by Crippen LogP contribution is 2.51. The van der Waals surface area contributed by atoms with E-state index in [1.165, 1.54) is 26.8 Å². The minimum atomic E-state index is -0.419. The Morgan fingerprint density at radius 3 is 2.44 bits per heavy atom. The van der Waals surface area contributed by atoms with Crippen LogP contribution in [0.2, 0.25) is 0 Å². The summed E-state index contributed by atoms with van der Waals surface area (Å²) in [6, 6.07) is 47.0. The van der Waals surface area contributed by atoms with Crippen molar-refractivity contribution in [1.29, 1.82) is 0 Å². The molecule has 0 spiro atoms. The summed E-state index contributed by atoms with van der Waals surface area (Å²) in [5, 5.41) is 8.68. The number of furan rings is 1. The average Bonchev–Trinajstić information content (AvgIpc) is 3.73. The lowest BCUT2D eigenvalue weighted by molar-refractivity contribution is 0.669. The Bertz CT molecular complexity index is 2560. The molecule has 48 heavy (non-hydrogen) atoms. The summed E-state index contributed by atoms with van der Waals surface area (Å²) in [6.07, 6.45) is 6.32. The van der Waals surface area contributed by atoms with Gasteiger partial charge in [0.1, 0.15) is 22.8 Å². The molecule has 3 aliphatic rings. The second-order valence-corrected chi connectivity index (χ2v) is 13.7. The molecule has 0 bridgehead atoms. The molecule has 1 aromatic heterocycles. The number of hydrogen-bond acceptors (Lipinski definition) is 5. The molecule has 0 radical (unpaired) electrons. The normalized spacial score (nSPS) is 19.8. The number of nitrogens with zero attached hydrogens (tertiary/aromatic N) is 2. The number of fused-ring (bicyclic) bond motifs is 7. The van der Waals surface area contributed by atoms with Gasteiger partial charge in [-0.2, -0.15) is 0 Å². The van der Waals surface area contributed by atoms with Gasteiger partial charge in [-0.05, 0) is 63.4 Å². The predicted octanol–water partition coefficient (Wildman–Crippen LogP) is 10.6. The maximum Gasteiger partial charge on any atom is 0.169 e. The maximum atomic E-state index is 6.23. The Morgan fingerprint density at radius 2 is 1.46 bits per heavy atom.